The number of hydrogen-bond acceptors (Lipinski definition) is 5. The lowest BCUT2D eigenvalue weighted by Gasteiger charge is -2.12. The van der Waals surface area contributed by atoms with Gasteiger partial charge >= 0.3 is 0 Å². The first-order chi connectivity index (χ1) is 9.33. The molecule has 0 unspecified atom stereocenters. The molecule has 0 spiro atoms. The third-order valence-electron chi connectivity index (χ3n) is 3.28. The van der Waals surface area contributed by atoms with Crippen LogP contribution in [0.1, 0.15) is 32.1 Å². The molecule has 2 heterocycles. The summed E-state index contributed by atoms with van der Waals surface area (Å²) < 4.78 is 1.34. The van der Waals surface area contributed by atoms with E-state index in [1.807, 2.05) is 0 Å². The molecule has 100 valence electrons. The van der Waals surface area contributed by atoms with Crippen molar-refractivity contribution in [1.82, 2.24) is 14.6 Å². The van der Waals surface area contributed by atoms with Crippen molar-refractivity contribution in [3.8, 4) is 0 Å². The minimum atomic E-state index is -0.135. The van der Waals surface area contributed by atoms with Gasteiger partial charge < -0.3 is 5.32 Å². The van der Waals surface area contributed by atoms with Crippen molar-refractivity contribution in [1.29, 1.82) is 0 Å². The first-order valence-electron chi connectivity index (χ1n) is 6.59. The van der Waals surface area contributed by atoms with Gasteiger partial charge in [0, 0.05) is 18.8 Å². The number of hydrogen-bond donors (Lipinski definition) is 1. The Morgan fingerprint density at radius 1 is 1.42 bits per heavy atom. The maximum atomic E-state index is 11.5. The Balaban J connectivity index is 1.64. The fraction of sp³-hybridized carbons (Fsp3) is 0.462. The number of nitrogens with one attached hydrogen (secondary N) is 1. The van der Waals surface area contributed by atoms with Crippen molar-refractivity contribution in [2.45, 2.75) is 32.1 Å². The minimum absolute atomic E-state index is 0.135. The molecule has 0 atom stereocenters. The number of rotatable bonds is 4. The van der Waals surface area contributed by atoms with Gasteiger partial charge in [-0.05, 0) is 32.1 Å². The summed E-state index contributed by atoms with van der Waals surface area (Å²) in [4.78, 5) is 16.3. The Kier molecular flexibility index (Phi) is 3.59. The second-order valence-electron chi connectivity index (χ2n) is 4.67. The molecular formula is C13H16N4OS. The van der Waals surface area contributed by atoms with E-state index in [2.05, 4.69) is 21.5 Å². The van der Waals surface area contributed by atoms with Gasteiger partial charge in [-0.2, -0.15) is 4.52 Å². The normalized spacial score (nSPS) is 15.5. The van der Waals surface area contributed by atoms with Crippen molar-refractivity contribution < 1.29 is 0 Å². The molecule has 0 saturated carbocycles. The molecule has 6 heteroatoms. The van der Waals surface area contributed by atoms with Gasteiger partial charge in [0.05, 0.1) is 0 Å². The van der Waals surface area contributed by atoms with Crippen molar-refractivity contribution in [2.75, 3.05) is 11.9 Å². The molecule has 0 amide bonds. The van der Waals surface area contributed by atoms with Crippen LogP contribution in [0.15, 0.2) is 28.7 Å². The number of aromatic nitrogens is 3. The van der Waals surface area contributed by atoms with Gasteiger partial charge in [0.25, 0.3) is 5.56 Å². The van der Waals surface area contributed by atoms with Crippen LogP contribution in [0.2, 0.25) is 0 Å². The molecular weight excluding hydrogens is 260 g/mol. The standard InChI is InChI=1S/C13H16N4OS/c18-11-7-9-15-13-17(11)16-12(19-13)14-8-6-10-4-2-1-3-5-10/h4,7,9H,1-3,5-6,8H2,(H,14,16). The van der Waals surface area contributed by atoms with Gasteiger partial charge in [0.1, 0.15) is 0 Å². The highest BCUT2D eigenvalue weighted by molar-refractivity contribution is 7.20. The van der Waals surface area contributed by atoms with E-state index in [1.54, 1.807) is 0 Å². The molecule has 2 aromatic rings. The summed E-state index contributed by atoms with van der Waals surface area (Å²) >= 11 is 1.41. The van der Waals surface area contributed by atoms with Crippen molar-refractivity contribution in [2.24, 2.45) is 0 Å². The van der Waals surface area contributed by atoms with E-state index in [4.69, 9.17) is 0 Å². The second-order valence-corrected chi connectivity index (χ2v) is 5.63. The maximum Gasteiger partial charge on any atom is 0.275 e. The van der Waals surface area contributed by atoms with Gasteiger partial charge in [0.15, 0.2) is 0 Å². The smallest absolute Gasteiger partial charge is 0.275 e. The fourth-order valence-corrected chi connectivity index (χ4v) is 3.08. The predicted octanol–water partition coefficient (Wildman–Crippen LogP) is 2.45. The molecule has 2 aromatic heterocycles. The zero-order valence-electron chi connectivity index (χ0n) is 10.6. The van der Waals surface area contributed by atoms with E-state index in [1.165, 1.54) is 59.4 Å². The molecule has 1 N–H and O–H groups in total. The van der Waals surface area contributed by atoms with E-state index in [-0.39, 0.29) is 5.56 Å². The summed E-state index contributed by atoms with van der Waals surface area (Å²) in [7, 11) is 0. The highest BCUT2D eigenvalue weighted by atomic mass is 32.1. The molecule has 0 radical (unpaired) electrons. The van der Waals surface area contributed by atoms with Gasteiger partial charge in [-0.15, -0.1) is 5.10 Å². The van der Waals surface area contributed by atoms with Crippen LogP contribution in [0.5, 0.6) is 0 Å². The highest BCUT2D eigenvalue weighted by Crippen LogP contribution is 2.21. The number of nitrogens with zero attached hydrogens (tertiary/aromatic N) is 3. The van der Waals surface area contributed by atoms with Crippen molar-refractivity contribution in [3.63, 3.8) is 0 Å². The van der Waals surface area contributed by atoms with E-state index < -0.39 is 0 Å². The monoisotopic (exact) mass is 276 g/mol. The molecule has 1 aliphatic carbocycles. The zero-order valence-corrected chi connectivity index (χ0v) is 11.4. The van der Waals surface area contributed by atoms with Crippen LogP contribution < -0.4 is 10.9 Å². The van der Waals surface area contributed by atoms with Gasteiger partial charge in [-0.25, -0.2) is 4.98 Å². The SMILES string of the molecule is O=c1ccnc2sc(NCCC3=CCCCC3)nn12. The number of fused-ring (bicyclic) bond motifs is 1. The Morgan fingerprint density at radius 2 is 2.37 bits per heavy atom. The second kappa shape index (κ2) is 5.52. The summed E-state index contributed by atoms with van der Waals surface area (Å²) in [5.41, 5.74) is 1.40. The number of allylic oxidation sites excluding steroid dienone is 1. The lowest BCUT2D eigenvalue weighted by atomic mass is 9.97. The van der Waals surface area contributed by atoms with Crippen LogP contribution in [0.4, 0.5) is 5.13 Å². The molecule has 0 fully saturated rings. The quantitative estimate of drug-likeness (QED) is 0.871. The van der Waals surface area contributed by atoms with Crippen LogP contribution in [0.3, 0.4) is 0 Å². The third kappa shape index (κ3) is 2.84. The topological polar surface area (TPSA) is 59.3 Å². The molecule has 19 heavy (non-hydrogen) atoms. The molecule has 0 aliphatic heterocycles. The first-order valence-corrected chi connectivity index (χ1v) is 7.41. The zero-order chi connectivity index (χ0) is 13.1. The van der Waals surface area contributed by atoms with Gasteiger partial charge in [-0.1, -0.05) is 23.0 Å². The van der Waals surface area contributed by atoms with Crippen LogP contribution in [-0.4, -0.2) is 21.1 Å². The lowest BCUT2D eigenvalue weighted by molar-refractivity contribution is 0.679. The first kappa shape index (κ1) is 12.3. The fourth-order valence-electron chi connectivity index (χ4n) is 2.28. The number of anilines is 1. The summed E-state index contributed by atoms with van der Waals surface area (Å²) in [5.74, 6) is 0. The van der Waals surface area contributed by atoms with Crippen molar-refractivity contribution >= 4 is 21.4 Å². The third-order valence-corrected chi connectivity index (χ3v) is 4.16. The van der Waals surface area contributed by atoms with E-state index in [0.717, 1.165) is 18.1 Å². The van der Waals surface area contributed by atoms with Crippen LogP contribution in [-0.2, 0) is 0 Å². The average Bonchev–Trinajstić information content (AvgIpc) is 2.84. The molecule has 0 bridgehead atoms. The van der Waals surface area contributed by atoms with E-state index >= 15 is 0 Å². The van der Waals surface area contributed by atoms with E-state index in [9.17, 15) is 4.79 Å². The predicted molar refractivity (Wildman–Crippen MR) is 76.8 cm³/mol. The Bertz CT molecular complexity index is 658. The summed E-state index contributed by atoms with van der Waals surface area (Å²) in [6, 6.07) is 1.42. The highest BCUT2D eigenvalue weighted by Gasteiger charge is 2.06. The average molecular weight is 276 g/mol. The molecule has 5 nitrogen and oxygen atoms in total. The lowest BCUT2D eigenvalue weighted by Crippen LogP contribution is -2.13. The Labute approximate surface area is 115 Å². The molecule has 0 saturated heterocycles. The molecule has 0 aromatic carbocycles. The van der Waals surface area contributed by atoms with Crippen LogP contribution in [0, 0.1) is 0 Å². The largest absolute Gasteiger partial charge is 0.360 e. The summed E-state index contributed by atoms with van der Waals surface area (Å²) in [6.45, 7) is 0.862. The van der Waals surface area contributed by atoms with Gasteiger partial charge in [0.2, 0.25) is 10.1 Å². The molecule has 3 rings (SSSR count). The maximum absolute atomic E-state index is 11.5. The molecule has 1 aliphatic rings. The van der Waals surface area contributed by atoms with E-state index in [0.29, 0.717) is 4.96 Å². The van der Waals surface area contributed by atoms with Crippen LogP contribution in [0.25, 0.3) is 4.96 Å². The minimum Gasteiger partial charge on any atom is -0.360 e. The Morgan fingerprint density at radius 3 is 3.16 bits per heavy atom. The Hall–Kier alpha value is -1.69. The van der Waals surface area contributed by atoms with Crippen LogP contribution >= 0.6 is 11.3 Å². The van der Waals surface area contributed by atoms with Gasteiger partial charge in [-0.3, -0.25) is 4.79 Å². The summed E-state index contributed by atoms with van der Waals surface area (Å²) in [6.07, 6.45) is 10.0. The summed E-state index contributed by atoms with van der Waals surface area (Å²) in [5, 5.41) is 8.26. The van der Waals surface area contributed by atoms with Crippen molar-refractivity contribution in [3.05, 3.63) is 34.3 Å².